The smallest absolute Gasteiger partial charge is 0.168 e. The van der Waals surface area contributed by atoms with Crippen molar-refractivity contribution in [2.75, 3.05) is 31.1 Å². The normalized spacial score (nSPS) is 15.3. The van der Waals surface area contributed by atoms with Crippen LogP contribution in [0.3, 0.4) is 0 Å². The molecule has 1 saturated heterocycles. The van der Waals surface area contributed by atoms with Gasteiger partial charge in [-0.1, -0.05) is 6.07 Å². The summed E-state index contributed by atoms with van der Waals surface area (Å²) in [6, 6.07) is 4.12. The third-order valence-electron chi connectivity index (χ3n) is 4.72. The molecule has 0 radical (unpaired) electrons. The van der Waals surface area contributed by atoms with Crippen LogP contribution in [0.5, 0.6) is 0 Å². The Morgan fingerprint density at radius 3 is 2.56 bits per heavy atom. The molecule has 0 aliphatic carbocycles. The number of rotatable bonds is 4. The highest BCUT2D eigenvalue weighted by Gasteiger charge is 2.23. The summed E-state index contributed by atoms with van der Waals surface area (Å²) in [6.07, 6.45) is 6.97. The van der Waals surface area contributed by atoms with E-state index >= 15 is 0 Å². The number of piperazine rings is 1. The van der Waals surface area contributed by atoms with Crippen LogP contribution < -0.4 is 4.90 Å². The van der Waals surface area contributed by atoms with Crippen molar-refractivity contribution < 1.29 is 8.78 Å². The summed E-state index contributed by atoms with van der Waals surface area (Å²) in [6.45, 7) is 4.01. The number of aromatic nitrogens is 4. The molecular formula is C19H20F2N6. The maximum Gasteiger partial charge on any atom is 0.168 e. The van der Waals surface area contributed by atoms with Gasteiger partial charge in [0.1, 0.15) is 5.69 Å². The third kappa shape index (κ3) is 3.66. The maximum atomic E-state index is 14.3. The Kier molecular flexibility index (Phi) is 4.81. The first-order chi connectivity index (χ1) is 13.1. The van der Waals surface area contributed by atoms with E-state index in [1.54, 1.807) is 10.9 Å². The molecule has 0 spiro atoms. The fourth-order valence-electron chi connectivity index (χ4n) is 3.37. The highest BCUT2D eigenvalue weighted by molar-refractivity contribution is 5.72. The molecule has 0 atom stereocenters. The number of anilines is 1. The van der Waals surface area contributed by atoms with Gasteiger partial charge in [0.05, 0.1) is 6.20 Å². The highest BCUT2D eigenvalue weighted by Crippen LogP contribution is 2.30. The van der Waals surface area contributed by atoms with Gasteiger partial charge in [0.15, 0.2) is 17.5 Å². The van der Waals surface area contributed by atoms with Crippen LogP contribution in [0.15, 0.2) is 43.0 Å². The first kappa shape index (κ1) is 17.5. The minimum Gasteiger partial charge on any atom is -0.352 e. The summed E-state index contributed by atoms with van der Waals surface area (Å²) in [5.74, 6) is -1.19. The highest BCUT2D eigenvalue weighted by atomic mass is 19.2. The van der Waals surface area contributed by atoms with Crippen LogP contribution in [0.25, 0.3) is 11.3 Å². The molecule has 2 aromatic heterocycles. The van der Waals surface area contributed by atoms with Crippen molar-refractivity contribution in [1.82, 2.24) is 24.6 Å². The van der Waals surface area contributed by atoms with Crippen molar-refractivity contribution in [3.63, 3.8) is 0 Å². The van der Waals surface area contributed by atoms with Crippen molar-refractivity contribution in [1.29, 1.82) is 0 Å². The maximum absolute atomic E-state index is 14.3. The number of halogens is 2. The first-order valence-corrected chi connectivity index (χ1v) is 8.82. The zero-order valence-corrected chi connectivity index (χ0v) is 15.0. The molecule has 3 aromatic rings. The summed E-state index contributed by atoms with van der Waals surface area (Å²) in [5, 5.41) is 4.20. The van der Waals surface area contributed by atoms with Gasteiger partial charge in [-0.2, -0.15) is 5.10 Å². The second-order valence-electron chi connectivity index (χ2n) is 6.62. The van der Waals surface area contributed by atoms with Crippen LogP contribution in [0, 0.1) is 11.6 Å². The van der Waals surface area contributed by atoms with Crippen molar-refractivity contribution in [2.45, 2.75) is 6.54 Å². The summed E-state index contributed by atoms with van der Waals surface area (Å²) >= 11 is 0. The Labute approximate surface area is 156 Å². The van der Waals surface area contributed by atoms with Gasteiger partial charge in [-0.15, -0.1) is 0 Å². The van der Waals surface area contributed by atoms with E-state index in [0.717, 1.165) is 38.8 Å². The van der Waals surface area contributed by atoms with Crippen LogP contribution in [0.1, 0.15) is 5.56 Å². The van der Waals surface area contributed by atoms with E-state index in [9.17, 15) is 8.78 Å². The molecule has 140 valence electrons. The minimum atomic E-state index is -0.894. The molecule has 0 saturated carbocycles. The number of hydrogen-bond acceptors (Lipinski definition) is 5. The zero-order chi connectivity index (χ0) is 18.8. The molecule has 0 unspecified atom stereocenters. The summed E-state index contributed by atoms with van der Waals surface area (Å²) in [5.41, 5.74) is 1.68. The van der Waals surface area contributed by atoms with Crippen LogP contribution in [-0.4, -0.2) is 50.8 Å². The lowest BCUT2D eigenvalue weighted by atomic mass is 10.1. The van der Waals surface area contributed by atoms with Crippen LogP contribution >= 0.6 is 0 Å². The number of benzene rings is 1. The van der Waals surface area contributed by atoms with Gasteiger partial charge in [-0.3, -0.25) is 14.6 Å². The molecule has 27 heavy (non-hydrogen) atoms. The van der Waals surface area contributed by atoms with E-state index in [4.69, 9.17) is 0 Å². The SMILES string of the molecule is Cn1cc(CN2CCN(c3nccnc3-c3cccc(F)c3F)CC2)cn1. The van der Waals surface area contributed by atoms with Crippen LogP contribution in [-0.2, 0) is 13.6 Å². The molecule has 1 aromatic carbocycles. The second kappa shape index (κ2) is 7.40. The molecule has 0 N–H and O–H groups in total. The minimum absolute atomic E-state index is 0.135. The van der Waals surface area contributed by atoms with Gasteiger partial charge < -0.3 is 4.90 Å². The number of hydrogen-bond donors (Lipinski definition) is 0. The average molecular weight is 370 g/mol. The van der Waals surface area contributed by atoms with Gasteiger partial charge in [0, 0.05) is 69.5 Å². The summed E-state index contributed by atoms with van der Waals surface area (Å²) < 4.78 is 29.7. The zero-order valence-electron chi connectivity index (χ0n) is 15.0. The molecule has 1 fully saturated rings. The quantitative estimate of drug-likeness (QED) is 0.706. The first-order valence-electron chi connectivity index (χ1n) is 8.82. The molecule has 0 amide bonds. The lowest BCUT2D eigenvalue weighted by molar-refractivity contribution is 0.249. The van der Waals surface area contributed by atoms with Crippen LogP contribution in [0.2, 0.25) is 0 Å². The van der Waals surface area contributed by atoms with E-state index in [2.05, 4.69) is 24.9 Å². The van der Waals surface area contributed by atoms with E-state index in [0.29, 0.717) is 11.5 Å². The van der Waals surface area contributed by atoms with Gasteiger partial charge in [-0.25, -0.2) is 13.8 Å². The monoisotopic (exact) mass is 370 g/mol. The lowest BCUT2D eigenvalue weighted by Crippen LogP contribution is -2.46. The van der Waals surface area contributed by atoms with Crippen molar-refractivity contribution in [2.24, 2.45) is 7.05 Å². The topological polar surface area (TPSA) is 50.1 Å². The average Bonchev–Trinajstić information content (AvgIpc) is 3.09. The van der Waals surface area contributed by atoms with Gasteiger partial charge in [0.2, 0.25) is 0 Å². The standard InChI is InChI=1S/C19H20F2N6/c1-25-12-14(11-24-25)13-26-7-9-27(10-8-26)19-18(22-5-6-23-19)15-3-2-4-16(20)17(15)21/h2-6,11-12H,7-10,13H2,1H3. The predicted molar refractivity (Wildman–Crippen MR) is 98.1 cm³/mol. The summed E-state index contributed by atoms with van der Waals surface area (Å²) in [7, 11) is 1.91. The van der Waals surface area contributed by atoms with Gasteiger partial charge >= 0.3 is 0 Å². The van der Waals surface area contributed by atoms with Crippen molar-refractivity contribution in [3.8, 4) is 11.3 Å². The van der Waals surface area contributed by atoms with Gasteiger partial charge in [-0.05, 0) is 12.1 Å². The molecule has 1 aliphatic rings. The third-order valence-corrected chi connectivity index (χ3v) is 4.72. The fourth-order valence-corrected chi connectivity index (χ4v) is 3.37. The molecule has 4 rings (SSSR count). The number of nitrogens with zero attached hydrogens (tertiary/aromatic N) is 6. The molecular weight excluding hydrogens is 350 g/mol. The molecule has 8 heteroatoms. The van der Waals surface area contributed by atoms with Gasteiger partial charge in [0.25, 0.3) is 0 Å². The lowest BCUT2D eigenvalue weighted by Gasteiger charge is -2.35. The van der Waals surface area contributed by atoms with E-state index in [-0.39, 0.29) is 5.56 Å². The van der Waals surface area contributed by atoms with Crippen LogP contribution in [0.4, 0.5) is 14.6 Å². The second-order valence-corrected chi connectivity index (χ2v) is 6.62. The molecule has 1 aliphatic heterocycles. The summed E-state index contributed by atoms with van der Waals surface area (Å²) in [4.78, 5) is 13.1. The van der Waals surface area contributed by atoms with Crippen molar-refractivity contribution in [3.05, 3.63) is 60.2 Å². The Morgan fingerprint density at radius 1 is 1.04 bits per heavy atom. The molecule has 3 heterocycles. The predicted octanol–water partition coefficient (Wildman–Crippen LogP) is 2.48. The largest absolute Gasteiger partial charge is 0.352 e. The Hall–Kier alpha value is -2.87. The Morgan fingerprint density at radius 2 is 1.81 bits per heavy atom. The van der Waals surface area contributed by atoms with E-state index in [1.807, 2.05) is 19.4 Å². The molecule has 0 bridgehead atoms. The van der Waals surface area contributed by atoms with E-state index < -0.39 is 11.6 Å². The Balaban J connectivity index is 1.51. The van der Waals surface area contributed by atoms with Crippen molar-refractivity contribution >= 4 is 5.82 Å². The fraction of sp³-hybridized carbons (Fsp3) is 0.316. The number of aryl methyl sites for hydroxylation is 1. The Bertz CT molecular complexity index is 933. The van der Waals surface area contributed by atoms with E-state index in [1.165, 1.54) is 23.9 Å². The molecule has 6 nitrogen and oxygen atoms in total.